The molecule has 2 aromatic rings. The van der Waals surface area contributed by atoms with Gasteiger partial charge in [0.2, 0.25) is 11.8 Å². The molecule has 0 aliphatic carbocycles. The molecular formula is C17H21ClN4O2. The molecule has 1 saturated heterocycles. The molecule has 24 heavy (non-hydrogen) atoms. The van der Waals surface area contributed by atoms with Gasteiger partial charge in [0.1, 0.15) is 6.04 Å². The number of carbonyl (C=O) groups excluding carboxylic acids is 2. The normalized spacial score (nSPS) is 18.0. The third-order valence-corrected chi connectivity index (χ3v) is 4.76. The quantitative estimate of drug-likeness (QED) is 0.780. The summed E-state index contributed by atoms with van der Waals surface area (Å²) in [4.78, 5) is 29.8. The molecule has 1 fully saturated rings. The number of aromatic nitrogens is 1. The van der Waals surface area contributed by atoms with E-state index in [-0.39, 0.29) is 18.2 Å². The molecule has 0 saturated carbocycles. The van der Waals surface area contributed by atoms with Crippen LogP contribution < -0.4 is 10.6 Å². The number of hydrogen-bond acceptors (Lipinski definition) is 3. The molecule has 128 valence electrons. The molecule has 1 aliphatic heterocycles. The molecule has 0 radical (unpaired) electrons. The number of carbonyl (C=O) groups is 2. The van der Waals surface area contributed by atoms with Gasteiger partial charge in [-0.25, -0.2) is 0 Å². The van der Waals surface area contributed by atoms with Crippen molar-refractivity contribution in [3.63, 3.8) is 0 Å². The average Bonchev–Trinajstić information content (AvgIpc) is 2.89. The maximum atomic E-state index is 12.8. The summed E-state index contributed by atoms with van der Waals surface area (Å²) >= 11 is 6.10. The summed E-state index contributed by atoms with van der Waals surface area (Å²) < 4.78 is 0. The van der Waals surface area contributed by atoms with Crippen LogP contribution in [-0.4, -0.2) is 54.4 Å². The van der Waals surface area contributed by atoms with Crippen molar-refractivity contribution in [1.29, 1.82) is 0 Å². The van der Waals surface area contributed by atoms with Gasteiger partial charge in [0.05, 0.1) is 6.42 Å². The van der Waals surface area contributed by atoms with Gasteiger partial charge >= 0.3 is 0 Å². The zero-order valence-electron chi connectivity index (χ0n) is 13.8. The molecule has 2 amide bonds. The number of halogens is 1. The Morgan fingerprint density at radius 1 is 1.42 bits per heavy atom. The molecule has 1 aromatic carbocycles. The summed E-state index contributed by atoms with van der Waals surface area (Å²) in [6, 6.07) is 5.14. The summed E-state index contributed by atoms with van der Waals surface area (Å²) in [6.07, 6.45) is 0.250. The molecule has 0 bridgehead atoms. The number of piperazine rings is 1. The van der Waals surface area contributed by atoms with Crippen LogP contribution in [0, 0.1) is 6.92 Å². The fourth-order valence-corrected chi connectivity index (χ4v) is 3.41. The third-order valence-electron chi connectivity index (χ3n) is 4.52. The van der Waals surface area contributed by atoms with Crippen LogP contribution in [0.15, 0.2) is 18.2 Å². The van der Waals surface area contributed by atoms with Crippen LogP contribution in [0.5, 0.6) is 0 Å². The van der Waals surface area contributed by atoms with Crippen LogP contribution in [0.2, 0.25) is 5.02 Å². The first-order valence-corrected chi connectivity index (χ1v) is 8.37. The lowest BCUT2D eigenvalue weighted by Crippen LogP contribution is -2.59. The number of H-pyrrole nitrogens is 1. The second-order valence-electron chi connectivity index (χ2n) is 6.02. The molecule has 7 heteroatoms. The smallest absolute Gasteiger partial charge is 0.243 e. The van der Waals surface area contributed by atoms with Crippen molar-refractivity contribution in [2.45, 2.75) is 19.4 Å². The number of aromatic amines is 1. The minimum absolute atomic E-state index is 0.0472. The van der Waals surface area contributed by atoms with Crippen molar-refractivity contribution in [3.05, 3.63) is 34.5 Å². The van der Waals surface area contributed by atoms with E-state index in [4.69, 9.17) is 11.6 Å². The van der Waals surface area contributed by atoms with Crippen LogP contribution in [-0.2, 0) is 16.0 Å². The van der Waals surface area contributed by atoms with Crippen molar-refractivity contribution >= 4 is 34.3 Å². The van der Waals surface area contributed by atoms with Crippen molar-refractivity contribution in [3.8, 4) is 0 Å². The van der Waals surface area contributed by atoms with Crippen LogP contribution >= 0.6 is 11.6 Å². The van der Waals surface area contributed by atoms with E-state index >= 15 is 0 Å². The van der Waals surface area contributed by atoms with E-state index in [1.807, 2.05) is 25.1 Å². The Hall–Kier alpha value is -2.05. The highest BCUT2D eigenvalue weighted by Crippen LogP contribution is 2.26. The van der Waals surface area contributed by atoms with E-state index in [0.717, 1.165) is 22.2 Å². The Morgan fingerprint density at radius 2 is 2.21 bits per heavy atom. The van der Waals surface area contributed by atoms with E-state index in [0.29, 0.717) is 24.7 Å². The predicted molar refractivity (Wildman–Crippen MR) is 94.2 cm³/mol. The van der Waals surface area contributed by atoms with Crippen molar-refractivity contribution in [1.82, 2.24) is 20.5 Å². The Bertz CT molecular complexity index is 786. The fraction of sp³-hybridized carbons (Fsp3) is 0.412. The van der Waals surface area contributed by atoms with E-state index in [1.165, 1.54) is 0 Å². The first-order valence-electron chi connectivity index (χ1n) is 7.99. The maximum absolute atomic E-state index is 12.8. The molecule has 0 unspecified atom stereocenters. The Labute approximate surface area is 145 Å². The van der Waals surface area contributed by atoms with Gasteiger partial charge in [-0.1, -0.05) is 11.6 Å². The number of nitrogens with one attached hydrogen (secondary N) is 3. The summed E-state index contributed by atoms with van der Waals surface area (Å²) in [6.45, 7) is 3.64. The number of rotatable bonds is 3. The molecule has 3 rings (SSSR count). The summed E-state index contributed by atoms with van der Waals surface area (Å²) in [7, 11) is 1.59. The number of hydrogen-bond donors (Lipinski definition) is 3. The van der Waals surface area contributed by atoms with Crippen molar-refractivity contribution in [2.24, 2.45) is 0 Å². The van der Waals surface area contributed by atoms with Crippen LogP contribution in [0.3, 0.4) is 0 Å². The number of aryl methyl sites for hydroxylation is 1. The second-order valence-corrected chi connectivity index (χ2v) is 6.45. The highest BCUT2D eigenvalue weighted by atomic mass is 35.5. The van der Waals surface area contributed by atoms with E-state index in [9.17, 15) is 9.59 Å². The second kappa shape index (κ2) is 6.83. The average molecular weight is 349 g/mol. The van der Waals surface area contributed by atoms with Gasteiger partial charge in [0.15, 0.2) is 0 Å². The molecular weight excluding hydrogens is 328 g/mol. The molecule has 2 heterocycles. The summed E-state index contributed by atoms with van der Waals surface area (Å²) in [5, 5.41) is 7.39. The zero-order valence-corrected chi connectivity index (χ0v) is 14.5. The standard InChI is InChI=1S/C17H21ClN4O2/c1-10-12(13-7-11(18)3-4-14(13)21-10)8-16(23)22-6-5-20-9-15(22)17(24)19-2/h3-4,7,15,20-21H,5-6,8-9H2,1-2H3,(H,19,24)/t15-/m0/s1. The number of likely N-dealkylation sites (N-methyl/N-ethyl adjacent to an activating group) is 1. The van der Waals surface area contributed by atoms with Gasteiger partial charge < -0.3 is 20.5 Å². The van der Waals surface area contributed by atoms with Gasteiger partial charge in [-0.15, -0.1) is 0 Å². The summed E-state index contributed by atoms with van der Waals surface area (Å²) in [5.41, 5.74) is 2.85. The Morgan fingerprint density at radius 3 is 2.96 bits per heavy atom. The molecule has 1 aliphatic rings. The van der Waals surface area contributed by atoms with Crippen LogP contribution in [0.4, 0.5) is 0 Å². The lowest BCUT2D eigenvalue weighted by molar-refractivity contribution is -0.140. The van der Waals surface area contributed by atoms with Gasteiger partial charge in [0, 0.05) is 48.3 Å². The fourth-order valence-electron chi connectivity index (χ4n) is 3.24. The Balaban J connectivity index is 1.87. The maximum Gasteiger partial charge on any atom is 0.243 e. The highest BCUT2D eigenvalue weighted by molar-refractivity contribution is 6.31. The number of amides is 2. The highest BCUT2D eigenvalue weighted by Gasteiger charge is 2.31. The zero-order chi connectivity index (χ0) is 17.3. The van der Waals surface area contributed by atoms with Crippen LogP contribution in [0.25, 0.3) is 10.9 Å². The third kappa shape index (κ3) is 3.12. The SMILES string of the molecule is CNC(=O)[C@@H]1CNCCN1C(=O)Cc1c(C)[nH]c2ccc(Cl)cc12. The van der Waals surface area contributed by atoms with E-state index in [2.05, 4.69) is 15.6 Å². The van der Waals surface area contributed by atoms with Crippen molar-refractivity contribution in [2.75, 3.05) is 26.7 Å². The van der Waals surface area contributed by atoms with Crippen molar-refractivity contribution < 1.29 is 9.59 Å². The molecule has 6 nitrogen and oxygen atoms in total. The lowest BCUT2D eigenvalue weighted by Gasteiger charge is -2.35. The Kier molecular flexibility index (Phi) is 4.78. The molecule has 1 atom stereocenters. The molecule has 1 aromatic heterocycles. The monoisotopic (exact) mass is 348 g/mol. The first kappa shape index (κ1) is 16.8. The largest absolute Gasteiger partial charge is 0.358 e. The number of fused-ring (bicyclic) bond motifs is 1. The first-order chi connectivity index (χ1) is 11.5. The van der Waals surface area contributed by atoms with Gasteiger partial charge in [-0.2, -0.15) is 0 Å². The van der Waals surface area contributed by atoms with Gasteiger partial charge in [0.25, 0.3) is 0 Å². The van der Waals surface area contributed by atoms with Gasteiger partial charge in [-0.3, -0.25) is 9.59 Å². The van der Waals surface area contributed by atoms with Crippen LogP contribution in [0.1, 0.15) is 11.3 Å². The molecule has 3 N–H and O–H groups in total. The van der Waals surface area contributed by atoms with E-state index < -0.39 is 6.04 Å². The summed E-state index contributed by atoms with van der Waals surface area (Å²) in [5.74, 6) is -0.191. The minimum Gasteiger partial charge on any atom is -0.358 e. The van der Waals surface area contributed by atoms with E-state index in [1.54, 1.807) is 11.9 Å². The lowest BCUT2D eigenvalue weighted by atomic mass is 10.1. The molecule has 0 spiro atoms. The minimum atomic E-state index is -0.467. The number of nitrogens with zero attached hydrogens (tertiary/aromatic N) is 1. The van der Waals surface area contributed by atoms with Gasteiger partial charge in [-0.05, 0) is 30.7 Å². The number of benzene rings is 1. The predicted octanol–water partition coefficient (Wildman–Crippen LogP) is 1.22. The topological polar surface area (TPSA) is 77.2 Å².